The minimum absolute atomic E-state index is 0.309. The van der Waals surface area contributed by atoms with E-state index >= 15 is 0 Å². The summed E-state index contributed by atoms with van der Waals surface area (Å²) in [6, 6.07) is 4.91. The Balaban J connectivity index is 2.25. The number of benzene rings is 1. The van der Waals surface area contributed by atoms with Crippen molar-refractivity contribution in [2.75, 3.05) is 11.1 Å². The number of anilines is 2. The number of nitrogens with zero attached hydrogens (tertiary/aromatic N) is 1. The second-order valence-electron chi connectivity index (χ2n) is 3.69. The number of rotatable bonds is 2. The number of aryl methyl sites for hydroxylation is 1. The number of nitrogens with two attached hydrogens (primary N) is 1. The third kappa shape index (κ3) is 2.49. The van der Waals surface area contributed by atoms with Crippen molar-refractivity contribution in [2.45, 2.75) is 6.92 Å². The lowest BCUT2D eigenvalue weighted by Gasteiger charge is -2.05. The highest BCUT2D eigenvalue weighted by molar-refractivity contribution is 9.10. The molecule has 1 aromatic carbocycles. The van der Waals surface area contributed by atoms with Crippen LogP contribution >= 0.6 is 27.5 Å². The van der Waals surface area contributed by atoms with Crippen LogP contribution in [-0.4, -0.2) is 16.1 Å². The van der Waals surface area contributed by atoms with E-state index in [-0.39, 0.29) is 5.91 Å². The summed E-state index contributed by atoms with van der Waals surface area (Å²) < 4.78 is 0.610. The smallest absolute Gasteiger partial charge is 0.258 e. The number of hydrogen-bond acceptors (Lipinski definition) is 3. The highest BCUT2D eigenvalue weighted by atomic mass is 79.9. The first-order chi connectivity index (χ1) is 8.49. The molecule has 0 unspecified atom stereocenters. The fourth-order valence-electron chi connectivity index (χ4n) is 1.38. The van der Waals surface area contributed by atoms with Gasteiger partial charge in [-0.15, -0.1) is 0 Å². The zero-order chi connectivity index (χ0) is 13.3. The number of halogens is 2. The summed E-state index contributed by atoms with van der Waals surface area (Å²) in [6.07, 6.45) is 0. The SMILES string of the molecule is Cc1[nH]nc(NC(=O)c2ccc(Cl)cc2Br)c1N. The Bertz CT molecular complexity index is 611. The van der Waals surface area contributed by atoms with E-state index in [0.29, 0.717) is 32.3 Å². The van der Waals surface area contributed by atoms with Gasteiger partial charge in [-0.25, -0.2) is 0 Å². The van der Waals surface area contributed by atoms with E-state index in [9.17, 15) is 4.79 Å². The van der Waals surface area contributed by atoms with E-state index in [1.807, 2.05) is 0 Å². The molecule has 0 atom stereocenters. The molecule has 18 heavy (non-hydrogen) atoms. The Morgan fingerprint density at radius 2 is 2.28 bits per heavy atom. The highest BCUT2D eigenvalue weighted by Crippen LogP contribution is 2.24. The van der Waals surface area contributed by atoms with Crippen LogP contribution in [0.15, 0.2) is 22.7 Å². The van der Waals surface area contributed by atoms with Gasteiger partial charge >= 0.3 is 0 Å². The number of carbonyl (C=O) groups is 1. The van der Waals surface area contributed by atoms with Crippen LogP contribution in [-0.2, 0) is 0 Å². The van der Waals surface area contributed by atoms with E-state index in [1.165, 1.54) is 0 Å². The number of H-pyrrole nitrogens is 1. The van der Waals surface area contributed by atoms with Gasteiger partial charge in [0, 0.05) is 9.50 Å². The van der Waals surface area contributed by atoms with Crippen LogP contribution in [0.4, 0.5) is 11.5 Å². The van der Waals surface area contributed by atoms with Crippen molar-refractivity contribution in [3.63, 3.8) is 0 Å². The Hall–Kier alpha value is -1.53. The molecule has 1 aromatic heterocycles. The lowest BCUT2D eigenvalue weighted by molar-refractivity contribution is 0.102. The van der Waals surface area contributed by atoms with E-state index in [4.69, 9.17) is 17.3 Å². The number of hydrogen-bond donors (Lipinski definition) is 3. The van der Waals surface area contributed by atoms with Crippen LogP contribution < -0.4 is 11.1 Å². The topological polar surface area (TPSA) is 83.8 Å². The van der Waals surface area contributed by atoms with Gasteiger partial charge in [0.2, 0.25) is 0 Å². The van der Waals surface area contributed by atoms with Gasteiger partial charge < -0.3 is 11.1 Å². The van der Waals surface area contributed by atoms with Gasteiger partial charge in [-0.2, -0.15) is 5.10 Å². The lowest BCUT2D eigenvalue weighted by atomic mass is 10.2. The van der Waals surface area contributed by atoms with Crippen LogP contribution in [0.25, 0.3) is 0 Å². The molecular formula is C11H10BrClN4O. The second-order valence-corrected chi connectivity index (χ2v) is 4.98. The number of nitrogens with one attached hydrogen (secondary N) is 2. The minimum Gasteiger partial charge on any atom is -0.394 e. The van der Waals surface area contributed by atoms with E-state index in [1.54, 1.807) is 25.1 Å². The zero-order valence-electron chi connectivity index (χ0n) is 9.42. The molecule has 4 N–H and O–H groups in total. The Labute approximate surface area is 117 Å². The van der Waals surface area contributed by atoms with Gasteiger partial charge in [0.1, 0.15) is 0 Å². The van der Waals surface area contributed by atoms with Gasteiger partial charge in [0.05, 0.1) is 16.9 Å². The molecule has 1 heterocycles. The van der Waals surface area contributed by atoms with Crippen LogP contribution in [0.2, 0.25) is 5.02 Å². The molecule has 2 rings (SSSR count). The first kappa shape index (κ1) is 12.9. The van der Waals surface area contributed by atoms with Crippen LogP contribution in [0, 0.1) is 6.92 Å². The van der Waals surface area contributed by atoms with E-state index in [0.717, 1.165) is 0 Å². The summed E-state index contributed by atoms with van der Waals surface area (Å²) in [7, 11) is 0. The fraction of sp³-hybridized carbons (Fsp3) is 0.0909. The number of aromatic amines is 1. The lowest BCUT2D eigenvalue weighted by Crippen LogP contribution is -2.14. The molecule has 0 saturated carbocycles. The van der Waals surface area contributed by atoms with Gasteiger partial charge in [0.15, 0.2) is 5.82 Å². The molecule has 0 bridgehead atoms. The predicted molar refractivity (Wildman–Crippen MR) is 74.8 cm³/mol. The molecule has 94 valence electrons. The van der Waals surface area contributed by atoms with Crippen LogP contribution in [0.3, 0.4) is 0 Å². The fourth-order valence-corrected chi connectivity index (χ4v) is 2.24. The number of aromatic nitrogens is 2. The van der Waals surface area contributed by atoms with Crippen LogP contribution in [0.5, 0.6) is 0 Å². The first-order valence-corrected chi connectivity index (χ1v) is 6.23. The molecular weight excluding hydrogens is 320 g/mol. The molecule has 2 aromatic rings. The summed E-state index contributed by atoms with van der Waals surface area (Å²) >= 11 is 9.09. The number of nitrogen functional groups attached to an aromatic ring is 1. The van der Waals surface area contributed by atoms with Crippen molar-refractivity contribution in [3.8, 4) is 0 Å². The number of carbonyl (C=O) groups excluding carboxylic acids is 1. The Morgan fingerprint density at radius 1 is 1.56 bits per heavy atom. The third-order valence-electron chi connectivity index (χ3n) is 2.40. The molecule has 7 heteroatoms. The third-order valence-corrected chi connectivity index (χ3v) is 3.29. The van der Waals surface area contributed by atoms with Crippen LogP contribution in [0.1, 0.15) is 16.1 Å². The van der Waals surface area contributed by atoms with Crippen molar-refractivity contribution >= 4 is 44.9 Å². The molecule has 0 aliphatic carbocycles. The summed E-state index contributed by atoms with van der Waals surface area (Å²) in [5, 5.41) is 9.78. The average Bonchev–Trinajstić information content (AvgIpc) is 2.61. The Morgan fingerprint density at radius 3 is 2.83 bits per heavy atom. The maximum absolute atomic E-state index is 12.0. The van der Waals surface area contributed by atoms with Gasteiger partial charge in [-0.3, -0.25) is 9.89 Å². The van der Waals surface area contributed by atoms with Gasteiger partial charge in [0.25, 0.3) is 5.91 Å². The molecule has 0 fully saturated rings. The number of amides is 1. The van der Waals surface area contributed by atoms with Crippen molar-refractivity contribution in [1.29, 1.82) is 0 Å². The minimum atomic E-state index is -0.309. The second kappa shape index (κ2) is 4.99. The van der Waals surface area contributed by atoms with Crippen molar-refractivity contribution in [3.05, 3.63) is 39.0 Å². The molecule has 0 saturated heterocycles. The summed E-state index contributed by atoms with van der Waals surface area (Å²) in [4.78, 5) is 12.0. The molecule has 5 nitrogen and oxygen atoms in total. The molecule has 0 aliphatic heterocycles. The largest absolute Gasteiger partial charge is 0.394 e. The molecule has 1 amide bonds. The monoisotopic (exact) mass is 328 g/mol. The standard InChI is InChI=1S/C11H10BrClN4O/c1-5-9(14)10(17-16-5)15-11(18)7-3-2-6(13)4-8(7)12/h2-4H,14H2,1H3,(H2,15,16,17,18). The highest BCUT2D eigenvalue weighted by Gasteiger charge is 2.14. The predicted octanol–water partition coefficient (Wildman–Crippen LogP) is 2.97. The zero-order valence-corrected chi connectivity index (χ0v) is 11.8. The van der Waals surface area contributed by atoms with Gasteiger partial charge in [-0.05, 0) is 41.1 Å². The van der Waals surface area contributed by atoms with Crippen molar-refractivity contribution in [2.24, 2.45) is 0 Å². The molecule has 0 radical (unpaired) electrons. The quantitative estimate of drug-likeness (QED) is 0.792. The molecule has 0 aliphatic rings. The summed E-state index contributed by atoms with van der Waals surface area (Å²) in [5.41, 5.74) is 7.34. The summed E-state index contributed by atoms with van der Waals surface area (Å²) in [6.45, 7) is 1.77. The van der Waals surface area contributed by atoms with Gasteiger partial charge in [-0.1, -0.05) is 11.6 Å². The van der Waals surface area contributed by atoms with Crippen molar-refractivity contribution in [1.82, 2.24) is 10.2 Å². The maximum atomic E-state index is 12.0. The Kier molecular flexibility index (Phi) is 3.58. The summed E-state index contributed by atoms with van der Waals surface area (Å²) in [5.74, 6) is 0.0103. The van der Waals surface area contributed by atoms with E-state index < -0.39 is 0 Å². The average molecular weight is 330 g/mol. The normalized spacial score (nSPS) is 10.4. The maximum Gasteiger partial charge on any atom is 0.258 e. The van der Waals surface area contributed by atoms with Crippen molar-refractivity contribution < 1.29 is 4.79 Å². The van der Waals surface area contributed by atoms with E-state index in [2.05, 4.69) is 31.4 Å². The molecule has 0 spiro atoms. The first-order valence-electron chi connectivity index (χ1n) is 5.06.